The lowest BCUT2D eigenvalue weighted by Crippen LogP contribution is -2.26. The molecule has 0 radical (unpaired) electrons. The quantitative estimate of drug-likeness (QED) is 0.228. The summed E-state index contributed by atoms with van der Waals surface area (Å²) in [7, 11) is 0. The van der Waals surface area contributed by atoms with Crippen molar-refractivity contribution in [2.45, 2.75) is 26.9 Å². The number of halogens is 4. The summed E-state index contributed by atoms with van der Waals surface area (Å²) in [6.45, 7) is 4.03. The molecule has 0 bridgehead atoms. The molecule has 1 aliphatic rings. The minimum Gasteiger partial charge on any atom is -0.457 e. The Bertz CT molecular complexity index is 956. The monoisotopic (exact) mass is 661 g/mol. The van der Waals surface area contributed by atoms with Gasteiger partial charge in [0.25, 0.3) is 0 Å². The molecular formula is C22H19Br4NO3. The van der Waals surface area contributed by atoms with Gasteiger partial charge >= 0.3 is 5.97 Å². The lowest BCUT2D eigenvalue weighted by atomic mass is 10.1. The molecule has 1 saturated carbocycles. The maximum atomic E-state index is 12.9. The molecule has 0 N–H and O–H groups in total. The fourth-order valence-corrected chi connectivity index (χ4v) is 5.93. The van der Waals surface area contributed by atoms with Crippen LogP contribution in [0.2, 0.25) is 0 Å². The number of hydrogen-bond acceptors (Lipinski definition) is 4. The normalized spacial score (nSPS) is 20.9. The van der Waals surface area contributed by atoms with Gasteiger partial charge < -0.3 is 9.47 Å². The smallest absolute Gasteiger partial charge is 0.311 e. The first kappa shape index (κ1) is 23.8. The number of alkyl halides is 4. The van der Waals surface area contributed by atoms with E-state index in [1.54, 1.807) is 24.3 Å². The Morgan fingerprint density at radius 2 is 1.73 bits per heavy atom. The van der Waals surface area contributed by atoms with E-state index in [9.17, 15) is 10.1 Å². The van der Waals surface area contributed by atoms with E-state index < -0.39 is 15.3 Å². The summed E-state index contributed by atoms with van der Waals surface area (Å²) in [5.41, 5.74) is 0.277. The molecule has 158 valence electrons. The van der Waals surface area contributed by atoms with Crippen molar-refractivity contribution < 1.29 is 14.3 Å². The van der Waals surface area contributed by atoms with Crippen molar-refractivity contribution in [3.8, 4) is 17.6 Å². The van der Waals surface area contributed by atoms with E-state index in [1.165, 1.54) is 0 Å². The molecule has 8 heteroatoms. The van der Waals surface area contributed by atoms with E-state index in [0.717, 1.165) is 0 Å². The second-order valence-corrected chi connectivity index (χ2v) is 14.4. The van der Waals surface area contributed by atoms with Gasteiger partial charge in [-0.1, -0.05) is 108 Å². The van der Waals surface area contributed by atoms with E-state index in [2.05, 4.69) is 69.8 Å². The van der Waals surface area contributed by atoms with Gasteiger partial charge in [-0.15, -0.1) is 0 Å². The average Bonchev–Trinajstić information content (AvgIpc) is 3.30. The summed E-state index contributed by atoms with van der Waals surface area (Å²) in [4.78, 5) is 12.9. The number of nitriles is 1. The first-order chi connectivity index (χ1) is 14.1. The number of carbonyl (C=O) groups is 1. The molecule has 0 spiro atoms. The number of rotatable bonds is 7. The largest absolute Gasteiger partial charge is 0.457 e. The van der Waals surface area contributed by atoms with Crippen LogP contribution in [0.3, 0.4) is 0 Å². The highest BCUT2D eigenvalue weighted by molar-refractivity contribution is 9.30. The van der Waals surface area contributed by atoms with Gasteiger partial charge in [0.2, 0.25) is 6.10 Å². The van der Waals surface area contributed by atoms with Crippen LogP contribution in [0.1, 0.15) is 25.5 Å². The lowest BCUT2D eigenvalue weighted by Gasteiger charge is -2.24. The fraction of sp³-hybridized carbons (Fsp3) is 0.364. The van der Waals surface area contributed by atoms with Crippen LogP contribution in [0.25, 0.3) is 0 Å². The number of ether oxygens (including phenoxy) is 2. The third-order valence-electron chi connectivity index (χ3n) is 5.28. The molecular weight excluding hydrogens is 646 g/mol. The second kappa shape index (κ2) is 9.32. The van der Waals surface area contributed by atoms with Gasteiger partial charge in [0, 0.05) is 11.5 Å². The van der Waals surface area contributed by atoms with Crippen LogP contribution in [0.15, 0.2) is 54.6 Å². The van der Waals surface area contributed by atoms with Gasteiger partial charge in [0.05, 0.1) is 9.65 Å². The summed E-state index contributed by atoms with van der Waals surface area (Å²) in [6, 6.07) is 18.5. The molecule has 1 aliphatic carbocycles. The third-order valence-corrected chi connectivity index (χ3v) is 11.1. The molecule has 0 aliphatic heterocycles. The van der Waals surface area contributed by atoms with Gasteiger partial charge in [-0.05, 0) is 29.7 Å². The summed E-state index contributed by atoms with van der Waals surface area (Å²) in [6.07, 6.45) is -1.02. The number of esters is 1. The minimum atomic E-state index is -1.02. The molecule has 0 heterocycles. The Kier molecular flexibility index (Phi) is 7.38. The van der Waals surface area contributed by atoms with E-state index in [1.807, 2.05) is 44.2 Å². The van der Waals surface area contributed by atoms with Gasteiger partial charge in [-0.2, -0.15) is 5.26 Å². The minimum absolute atomic E-state index is 0.0339. The van der Waals surface area contributed by atoms with Crippen LogP contribution in [0, 0.1) is 28.6 Å². The van der Waals surface area contributed by atoms with Crippen LogP contribution in [0.5, 0.6) is 11.5 Å². The average molecular weight is 665 g/mol. The van der Waals surface area contributed by atoms with Crippen molar-refractivity contribution in [3.63, 3.8) is 0 Å². The molecule has 0 unspecified atom stereocenters. The number of benzene rings is 2. The zero-order valence-corrected chi connectivity index (χ0v) is 22.5. The Labute approximate surface area is 209 Å². The lowest BCUT2D eigenvalue weighted by molar-refractivity contribution is -0.149. The molecule has 3 atom stereocenters. The first-order valence-electron chi connectivity index (χ1n) is 9.18. The maximum absolute atomic E-state index is 12.9. The Morgan fingerprint density at radius 1 is 1.10 bits per heavy atom. The Morgan fingerprint density at radius 3 is 2.33 bits per heavy atom. The molecule has 2 aromatic rings. The van der Waals surface area contributed by atoms with E-state index in [0.29, 0.717) is 17.1 Å². The highest BCUT2D eigenvalue weighted by Crippen LogP contribution is 2.69. The van der Waals surface area contributed by atoms with Crippen molar-refractivity contribution in [2.75, 3.05) is 0 Å². The van der Waals surface area contributed by atoms with Gasteiger partial charge in [0.15, 0.2) is 0 Å². The third kappa shape index (κ3) is 4.95. The van der Waals surface area contributed by atoms with Crippen molar-refractivity contribution >= 4 is 69.7 Å². The molecule has 4 nitrogen and oxygen atoms in total. The molecule has 0 saturated heterocycles. The SMILES string of the molecule is CC1(C)[C@H](C(=O)O[C@H](C#N)c2cccc(Oc3ccccc3)c2)[C@H]1C(Br)(Br)C(Br)Br. The van der Waals surface area contributed by atoms with Gasteiger partial charge in [0.1, 0.15) is 20.8 Å². The predicted octanol–water partition coefficient (Wildman–Crippen LogP) is 7.46. The zero-order chi connectivity index (χ0) is 22.1. The Balaban J connectivity index is 1.74. The summed E-state index contributed by atoms with van der Waals surface area (Å²) in [5.74, 6) is 0.477. The molecule has 2 aromatic carbocycles. The molecule has 1 fully saturated rings. The van der Waals surface area contributed by atoms with Crippen LogP contribution < -0.4 is 4.74 Å². The molecule has 0 amide bonds. The number of hydrogen-bond donors (Lipinski definition) is 0. The predicted molar refractivity (Wildman–Crippen MR) is 130 cm³/mol. The van der Waals surface area contributed by atoms with Crippen LogP contribution in [-0.4, -0.2) is 12.9 Å². The van der Waals surface area contributed by atoms with Crippen LogP contribution >= 0.6 is 63.7 Å². The highest BCUT2D eigenvalue weighted by Gasteiger charge is 2.70. The summed E-state index contributed by atoms with van der Waals surface area (Å²) >= 11 is 14.3. The highest BCUT2D eigenvalue weighted by atomic mass is 79.9. The van der Waals surface area contributed by atoms with Crippen molar-refractivity contribution in [3.05, 3.63) is 60.2 Å². The first-order valence-corrected chi connectivity index (χ1v) is 12.6. The number of para-hydroxylation sites is 1. The van der Waals surface area contributed by atoms with Gasteiger partial charge in [-0.25, -0.2) is 0 Å². The van der Waals surface area contributed by atoms with E-state index in [4.69, 9.17) is 9.47 Å². The van der Waals surface area contributed by atoms with Crippen molar-refractivity contribution in [1.82, 2.24) is 0 Å². The van der Waals surface area contributed by atoms with Crippen molar-refractivity contribution in [2.24, 2.45) is 17.3 Å². The summed E-state index contributed by atoms with van der Waals surface area (Å²) in [5, 5.41) is 9.65. The van der Waals surface area contributed by atoms with Crippen molar-refractivity contribution in [1.29, 1.82) is 5.26 Å². The second-order valence-electron chi connectivity index (χ2n) is 7.69. The summed E-state index contributed by atoms with van der Waals surface area (Å²) < 4.78 is 10.8. The molecule has 3 rings (SSSR count). The molecule has 30 heavy (non-hydrogen) atoms. The van der Waals surface area contributed by atoms with E-state index >= 15 is 0 Å². The number of nitrogens with zero attached hydrogens (tertiary/aromatic N) is 1. The Hall–Kier alpha value is -0.880. The zero-order valence-electron chi connectivity index (χ0n) is 16.2. The maximum Gasteiger partial charge on any atom is 0.311 e. The fourth-order valence-electron chi connectivity index (χ4n) is 3.66. The van der Waals surface area contributed by atoms with E-state index in [-0.39, 0.29) is 21.0 Å². The topological polar surface area (TPSA) is 59.3 Å². The van der Waals surface area contributed by atoms with Gasteiger partial charge in [-0.3, -0.25) is 4.79 Å². The standard InChI is InChI=1S/C22H19Br4NO3/c1-21(2)17(18(21)22(25,26)20(23)24)19(28)30-16(12-27)13-7-6-10-15(11-13)29-14-8-4-3-5-9-14/h3-11,16-18,20H,1-2H3/t16-,17+,18-/m1/s1. The van der Waals surface area contributed by atoms with Crippen LogP contribution in [-0.2, 0) is 9.53 Å². The number of carbonyl (C=O) groups excluding carboxylic acids is 1. The van der Waals surface area contributed by atoms with Crippen LogP contribution in [0.4, 0.5) is 0 Å². The molecule has 0 aromatic heterocycles.